The van der Waals surface area contributed by atoms with Gasteiger partial charge >= 0.3 is 24.1 Å². The lowest BCUT2D eigenvalue weighted by molar-refractivity contribution is -0.514. The number of nitrogens with one attached hydrogen (secondary N) is 2. The number of benzene rings is 1. The number of carbonyl (C=O) groups excluding carboxylic acids is 2. The number of carbonyl (C=O) groups is 2. The molecule has 0 spiro atoms. The Balaban J connectivity index is 0.000000479. The Morgan fingerprint density at radius 2 is 1.73 bits per heavy atom. The number of amides is 1. The van der Waals surface area contributed by atoms with Gasteiger partial charge in [-0.1, -0.05) is 18.2 Å². The summed E-state index contributed by atoms with van der Waals surface area (Å²) in [7, 11) is 0. The summed E-state index contributed by atoms with van der Waals surface area (Å²) in [6.07, 6.45) is -7.06. The van der Waals surface area contributed by atoms with E-state index in [0.717, 1.165) is 12.1 Å². The minimum Gasteiger partial charge on any atom is -0.542 e. The lowest BCUT2D eigenvalue weighted by Crippen LogP contribution is -2.55. The number of imidazole rings is 1. The lowest BCUT2D eigenvalue weighted by atomic mass is 9.91. The SMILES string of the molecule is O=C(NC1(CO)CCOCC1)c1[nH]c(-c2cccc(C(F)(F)F)c2)c2cccc[n+]12.O=C([O-])C(F)(F)F. The van der Waals surface area contributed by atoms with Crippen molar-refractivity contribution in [2.75, 3.05) is 19.8 Å². The van der Waals surface area contributed by atoms with E-state index in [9.17, 15) is 36.2 Å². The van der Waals surface area contributed by atoms with Gasteiger partial charge in [0.15, 0.2) is 11.2 Å². The summed E-state index contributed by atoms with van der Waals surface area (Å²) in [5, 5.41) is 21.5. The van der Waals surface area contributed by atoms with Crippen LogP contribution >= 0.6 is 0 Å². The minimum atomic E-state index is -5.19. The molecule has 0 radical (unpaired) electrons. The molecule has 1 fully saturated rings. The van der Waals surface area contributed by atoms with Crippen molar-refractivity contribution in [3.8, 4) is 11.3 Å². The predicted molar refractivity (Wildman–Crippen MR) is 113 cm³/mol. The summed E-state index contributed by atoms with van der Waals surface area (Å²) in [6, 6.07) is 10.1. The number of carboxylic acids is 1. The third-order valence-electron chi connectivity index (χ3n) is 5.66. The Morgan fingerprint density at radius 1 is 1.08 bits per heavy atom. The van der Waals surface area contributed by atoms with Gasteiger partial charge in [0.1, 0.15) is 5.97 Å². The van der Waals surface area contributed by atoms with E-state index in [4.69, 9.17) is 14.6 Å². The van der Waals surface area contributed by atoms with Crippen LogP contribution < -0.4 is 14.8 Å². The molecule has 1 aliphatic heterocycles. The summed E-state index contributed by atoms with van der Waals surface area (Å²) in [4.78, 5) is 24.8. The smallest absolute Gasteiger partial charge is 0.430 e. The van der Waals surface area contributed by atoms with Gasteiger partial charge in [-0.25, -0.2) is 4.98 Å². The molecule has 3 N–H and O–H groups in total. The van der Waals surface area contributed by atoms with Crippen LogP contribution in [0.25, 0.3) is 16.8 Å². The van der Waals surface area contributed by atoms with Crippen molar-refractivity contribution in [1.29, 1.82) is 0 Å². The first-order valence-electron chi connectivity index (χ1n) is 10.8. The summed E-state index contributed by atoms with van der Waals surface area (Å²) in [5.74, 6) is -3.30. The topological polar surface area (TPSA) is 119 Å². The van der Waals surface area contributed by atoms with E-state index >= 15 is 0 Å². The summed E-state index contributed by atoms with van der Waals surface area (Å²) in [6.45, 7) is 0.621. The number of pyridine rings is 1. The monoisotopic (exact) mass is 533 g/mol. The van der Waals surface area contributed by atoms with Crippen molar-refractivity contribution >= 4 is 17.4 Å². The standard InChI is InChI=1S/C21H20F3N3O3.C2HF3O2/c22-21(23,24)15-5-3-4-14(12-15)17-16-6-1-2-9-27(16)18(25-17)19(29)26-20(13-28)7-10-30-11-8-20;3-2(4,5)1(6)7/h1-6,9,12,28H,7-8,10-11,13H2,(H,26,29);(H,6,7). The van der Waals surface area contributed by atoms with Crippen LogP contribution in [0.4, 0.5) is 26.3 Å². The van der Waals surface area contributed by atoms with Crippen LogP contribution in [-0.2, 0) is 15.7 Å². The van der Waals surface area contributed by atoms with E-state index < -0.39 is 35.3 Å². The fourth-order valence-corrected chi connectivity index (χ4v) is 3.71. The molecule has 200 valence electrons. The maximum Gasteiger partial charge on any atom is 0.430 e. The van der Waals surface area contributed by atoms with Gasteiger partial charge in [-0.3, -0.25) is 4.79 Å². The molecule has 8 nitrogen and oxygen atoms in total. The quantitative estimate of drug-likeness (QED) is 0.350. The number of alkyl halides is 6. The minimum absolute atomic E-state index is 0.164. The summed E-state index contributed by atoms with van der Waals surface area (Å²) in [5.41, 5.74) is -0.283. The molecule has 0 aliphatic carbocycles. The van der Waals surface area contributed by atoms with Crippen molar-refractivity contribution in [3.63, 3.8) is 0 Å². The first-order valence-corrected chi connectivity index (χ1v) is 10.8. The number of aromatic nitrogens is 2. The highest BCUT2D eigenvalue weighted by molar-refractivity contribution is 5.92. The number of aliphatic hydroxyl groups is 1. The van der Waals surface area contributed by atoms with Crippen LogP contribution in [0.5, 0.6) is 0 Å². The zero-order chi connectivity index (χ0) is 27.4. The molecule has 0 atom stereocenters. The molecule has 37 heavy (non-hydrogen) atoms. The molecular weight excluding hydrogens is 512 g/mol. The van der Waals surface area contributed by atoms with E-state index in [-0.39, 0.29) is 12.4 Å². The van der Waals surface area contributed by atoms with Crippen molar-refractivity contribution in [2.45, 2.75) is 30.7 Å². The van der Waals surface area contributed by atoms with Crippen LogP contribution in [0.3, 0.4) is 0 Å². The van der Waals surface area contributed by atoms with Gasteiger partial charge in [-0.2, -0.15) is 30.7 Å². The molecule has 1 aliphatic rings. The average Bonchev–Trinajstić information content (AvgIpc) is 3.24. The van der Waals surface area contributed by atoms with E-state index in [0.29, 0.717) is 42.8 Å². The van der Waals surface area contributed by atoms with Crippen molar-refractivity contribution in [3.05, 3.63) is 60.0 Å². The molecule has 1 amide bonds. The zero-order valence-corrected chi connectivity index (χ0v) is 18.9. The number of carboxylic acid groups (broad SMARTS) is 1. The number of rotatable bonds is 4. The van der Waals surface area contributed by atoms with Gasteiger partial charge in [0.25, 0.3) is 0 Å². The number of hydrogen-bond acceptors (Lipinski definition) is 5. The summed E-state index contributed by atoms with van der Waals surface area (Å²) >= 11 is 0. The first-order chi connectivity index (χ1) is 17.3. The zero-order valence-electron chi connectivity index (χ0n) is 18.9. The fraction of sp³-hybridized carbons (Fsp3) is 0.348. The van der Waals surface area contributed by atoms with E-state index in [1.54, 1.807) is 34.9 Å². The second kappa shape index (κ2) is 10.8. The summed E-state index contributed by atoms with van der Waals surface area (Å²) < 4.78 is 77.9. The normalized spacial score (nSPS) is 15.5. The molecule has 1 aromatic carbocycles. The Labute approximate surface area is 205 Å². The molecule has 0 bridgehead atoms. The number of aliphatic carboxylic acids is 1. The highest BCUT2D eigenvalue weighted by Gasteiger charge is 2.37. The average molecular weight is 533 g/mol. The number of hydrogen-bond donors (Lipinski definition) is 3. The van der Waals surface area contributed by atoms with Gasteiger partial charge in [-0.15, -0.1) is 0 Å². The third-order valence-corrected chi connectivity index (χ3v) is 5.66. The van der Waals surface area contributed by atoms with E-state index in [1.807, 2.05) is 0 Å². The van der Waals surface area contributed by atoms with Gasteiger partial charge in [-0.05, 0) is 37.1 Å². The Bertz CT molecular complexity index is 1270. The lowest BCUT2D eigenvalue weighted by Gasteiger charge is -2.35. The van der Waals surface area contributed by atoms with Crippen molar-refractivity contribution in [2.24, 2.45) is 0 Å². The van der Waals surface area contributed by atoms with Crippen molar-refractivity contribution < 1.29 is 55.3 Å². The fourth-order valence-electron chi connectivity index (χ4n) is 3.71. The van der Waals surface area contributed by atoms with Gasteiger partial charge in [0.05, 0.1) is 23.9 Å². The number of fused-ring (bicyclic) bond motifs is 1. The molecule has 2 aromatic heterocycles. The van der Waals surface area contributed by atoms with Crippen molar-refractivity contribution in [1.82, 2.24) is 10.3 Å². The molecular formula is C23H21F6N3O5. The van der Waals surface area contributed by atoms with Gasteiger partial charge in [0, 0.05) is 18.8 Å². The predicted octanol–water partition coefficient (Wildman–Crippen LogP) is 2.01. The third kappa shape index (κ3) is 6.57. The number of halogens is 6. The molecule has 0 unspecified atom stereocenters. The van der Waals surface area contributed by atoms with Crippen LogP contribution in [0, 0.1) is 0 Å². The number of aliphatic hydroxyl groups excluding tert-OH is 1. The highest BCUT2D eigenvalue weighted by atomic mass is 19.4. The van der Waals surface area contributed by atoms with E-state index in [1.165, 1.54) is 6.07 Å². The van der Waals surface area contributed by atoms with Crippen LogP contribution in [0.15, 0.2) is 48.7 Å². The van der Waals surface area contributed by atoms with Crippen LogP contribution in [0.1, 0.15) is 29.0 Å². The molecule has 4 rings (SSSR count). The number of H-pyrrole nitrogens is 1. The van der Waals surface area contributed by atoms with E-state index in [2.05, 4.69) is 10.3 Å². The number of aromatic amines is 1. The number of nitrogens with zero attached hydrogens (tertiary/aromatic N) is 1. The molecule has 3 heterocycles. The Morgan fingerprint density at radius 3 is 2.30 bits per heavy atom. The Hall–Kier alpha value is -3.65. The molecule has 1 saturated heterocycles. The first kappa shape index (κ1) is 27.9. The maximum atomic E-state index is 13.2. The maximum absolute atomic E-state index is 13.2. The van der Waals surface area contributed by atoms with Crippen LogP contribution in [0.2, 0.25) is 0 Å². The Kier molecular flexibility index (Phi) is 8.12. The van der Waals surface area contributed by atoms with Gasteiger partial charge in [0.2, 0.25) is 0 Å². The van der Waals surface area contributed by atoms with Gasteiger partial charge < -0.3 is 25.1 Å². The molecule has 0 saturated carbocycles. The molecule has 3 aromatic rings. The number of ether oxygens (including phenoxy) is 1. The second-order valence-corrected chi connectivity index (χ2v) is 8.17. The molecule has 14 heteroatoms. The highest BCUT2D eigenvalue weighted by Crippen LogP contribution is 2.32. The second-order valence-electron chi connectivity index (χ2n) is 8.17. The van der Waals surface area contributed by atoms with Crippen LogP contribution in [-0.4, -0.2) is 53.5 Å². The largest absolute Gasteiger partial charge is 0.542 e.